The number of hydrogen-bond donors (Lipinski definition) is 3. The summed E-state index contributed by atoms with van der Waals surface area (Å²) in [6.45, 7) is 1.59. The number of ether oxygens (including phenoxy) is 7. The zero-order valence-corrected chi connectivity index (χ0v) is 27.5. The lowest BCUT2D eigenvalue weighted by Gasteiger charge is -2.40. The second-order valence-corrected chi connectivity index (χ2v) is 13.0. The van der Waals surface area contributed by atoms with Gasteiger partial charge in [0.15, 0.2) is 6.29 Å². The molecule has 3 rings (SSSR count). The fourth-order valence-corrected chi connectivity index (χ4v) is 5.12. The normalized spacial score (nSPS) is 21.1. The zero-order chi connectivity index (χ0) is 36.8. The molecule has 0 radical (unpaired) electrons. The maximum Gasteiger partial charge on any atom is 0.313 e. The molecule has 1 aliphatic heterocycles. The second-order valence-electron chi connectivity index (χ2n) is 10.8. The number of sulfone groups is 1. The van der Waals surface area contributed by atoms with Crippen LogP contribution in [0.2, 0.25) is 0 Å². The lowest BCUT2D eigenvalue weighted by Crippen LogP contribution is -2.59. The smallest absolute Gasteiger partial charge is 0.313 e. The summed E-state index contributed by atoms with van der Waals surface area (Å²) >= 11 is 0. The van der Waals surface area contributed by atoms with Gasteiger partial charge in [0.05, 0.1) is 83.9 Å². The first-order valence-electron chi connectivity index (χ1n) is 15.1. The Kier molecular flexibility index (Phi) is 16.8. The van der Waals surface area contributed by atoms with Crippen LogP contribution in [0.4, 0.5) is 22.0 Å². The molecular weight excluding hydrogens is 713 g/mol. The zero-order valence-electron chi connectivity index (χ0n) is 26.7. The minimum absolute atomic E-state index is 0.00337. The highest BCUT2D eigenvalue weighted by atomic mass is 32.2. The third-order valence-electron chi connectivity index (χ3n) is 6.78. The minimum Gasteiger partial charge on any atom is -0.420 e. The van der Waals surface area contributed by atoms with Crippen LogP contribution in [0.25, 0.3) is 0 Å². The number of carbonyl (C=O) groups excluding carboxylic acids is 1. The van der Waals surface area contributed by atoms with Gasteiger partial charge in [0, 0.05) is 18.9 Å². The van der Waals surface area contributed by atoms with Gasteiger partial charge in [-0.15, -0.1) is 5.10 Å². The molecule has 1 aromatic heterocycles. The summed E-state index contributed by atoms with van der Waals surface area (Å²) in [5, 5.41) is 38.1. The van der Waals surface area contributed by atoms with Crippen LogP contribution in [-0.4, -0.2) is 147 Å². The van der Waals surface area contributed by atoms with Crippen LogP contribution < -0.4 is 4.74 Å². The van der Waals surface area contributed by atoms with E-state index in [-0.39, 0.29) is 59.3 Å². The molecule has 0 amide bonds. The molecule has 1 saturated heterocycles. The summed E-state index contributed by atoms with van der Waals surface area (Å²) < 4.78 is 127. The van der Waals surface area contributed by atoms with Crippen LogP contribution in [0.1, 0.15) is 12.1 Å². The Labute approximate surface area is 282 Å². The Morgan fingerprint density at radius 2 is 1.34 bits per heavy atom. The Hall–Kier alpha value is -2.93. The largest absolute Gasteiger partial charge is 0.420 e. The van der Waals surface area contributed by atoms with Crippen LogP contribution in [0.3, 0.4) is 0 Å². The van der Waals surface area contributed by atoms with Gasteiger partial charge in [-0.1, -0.05) is 5.21 Å². The van der Waals surface area contributed by atoms with Crippen LogP contribution in [0.15, 0.2) is 6.20 Å². The fraction of sp³-hybridized carbons (Fsp3) is 0.679. The first-order chi connectivity index (χ1) is 23.7. The van der Waals surface area contributed by atoms with E-state index in [4.69, 9.17) is 28.4 Å². The van der Waals surface area contributed by atoms with Crippen molar-refractivity contribution in [3.8, 4) is 5.75 Å². The highest BCUT2D eigenvalue weighted by molar-refractivity contribution is 7.90. The summed E-state index contributed by atoms with van der Waals surface area (Å²) in [6, 6.07) is 0. The van der Waals surface area contributed by atoms with Crippen molar-refractivity contribution in [1.82, 2.24) is 15.0 Å². The van der Waals surface area contributed by atoms with Crippen molar-refractivity contribution >= 4 is 15.8 Å². The van der Waals surface area contributed by atoms with E-state index < -0.39 is 93.5 Å². The molecule has 2 heterocycles. The van der Waals surface area contributed by atoms with Gasteiger partial charge >= 0.3 is 5.97 Å². The monoisotopic (exact) mass is 751 g/mol. The van der Waals surface area contributed by atoms with E-state index in [2.05, 4.69) is 15.0 Å². The molecule has 0 spiro atoms. The Bertz CT molecular complexity index is 1460. The molecule has 22 heteroatoms. The van der Waals surface area contributed by atoms with Crippen LogP contribution in [0, 0.1) is 29.1 Å². The number of nitrogens with zero attached hydrogens (tertiary/aromatic N) is 3. The quantitative estimate of drug-likeness (QED) is 0.0345. The SMILES string of the molecule is CS(=O)(=O)C[C@H]1O[C@H](OCCc2cn(CCOCCOCCOCCOCCC(=O)Oc3c(F)c(F)c(F)c(F)c3F)nn2)[C@@H](O)[C@@H](O)[C@@H]1O. The number of esters is 1. The van der Waals surface area contributed by atoms with E-state index in [0.29, 0.717) is 18.8 Å². The number of halogens is 5. The van der Waals surface area contributed by atoms with Crippen molar-refractivity contribution in [3.05, 3.63) is 41.0 Å². The van der Waals surface area contributed by atoms with E-state index in [1.165, 1.54) is 4.68 Å². The van der Waals surface area contributed by atoms with E-state index in [9.17, 15) is 50.5 Å². The standard InChI is InChI=1S/C28H38F5N3O13S/c1-50(41,42)15-17-24(38)25(39)26(40)28(48-17)47-6-2-16-14-36(35-34-16)4-7-44-9-11-46-13-12-45-10-8-43-5-3-18(37)49-27-22(32)20(30)19(29)21(31)23(27)33/h14,17,24-26,28,38-40H,2-13,15H2,1H3/t17-,24-,25+,26+,28+/m1/s1. The first-order valence-corrected chi connectivity index (χ1v) is 17.2. The molecule has 16 nitrogen and oxygen atoms in total. The average Bonchev–Trinajstić information content (AvgIpc) is 3.52. The topological polar surface area (TPSA) is 207 Å². The molecule has 1 aliphatic rings. The summed E-state index contributed by atoms with van der Waals surface area (Å²) in [4.78, 5) is 11.7. The molecule has 2 aromatic rings. The fourth-order valence-electron chi connectivity index (χ4n) is 4.25. The highest BCUT2D eigenvalue weighted by Crippen LogP contribution is 2.29. The van der Waals surface area contributed by atoms with Crippen molar-refractivity contribution in [2.24, 2.45) is 0 Å². The predicted octanol–water partition coefficient (Wildman–Crippen LogP) is -0.553. The van der Waals surface area contributed by atoms with E-state index >= 15 is 0 Å². The molecule has 0 aliphatic carbocycles. The third-order valence-corrected chi connectivity index (χ3v) is 7.71. The van der Waals surface area contributed by atoms with E-state index in [1.54, 1.807) is 6.20 Å². The molecule has 50 heavy (non-hydrogen) atoms. The third kappa shape index (κ3) is 13.0. The number of aliphatic hydroxyl groups is 3. The number of benzene rings is 1. The lowest BCUT2D eigenvalue weighted by molar-refractivity contribution is -0.292. The highest BCUT2D eigenvalue weighted by Gasteiger charge is 2.45. The number of carbonyl (C=O) groups is 1. The van der Waals surface area contributed by atoms with Crippen LogP contribution in [-0.2, 0) is 56.0 Å². The Balaban J connectivity index is 1.16. The van der Waals surface area contributed by atoms with E-state index in [1.807, 2.05) is 0 Å². The summed E-state index contributed by atoms with van der Waals surface area (Å²) in [5.41, 5.74) is 0.547. The second kappa shape index (κ2) is 20.2. The number of rotatable bonds is 22. The summed E-state index contributed by atoms with van der Waals surface area (Å²) in [7, 11) is -3.54. The molecular formula is C28H38F5N3O13S. The minimum atomic E-state index is -3.54. The first kappa shape index (κ1) is 41.5. The number of hydrogen-bond acceptors (Lipinski definition) is 15. The Morgan fingerprint density at radius 1 is 0.800 bits per heavy atom. The molecule has 284 valence electrons. The maximum atomic E-state index is 13.6. The molecule has 5 atom stereocenters. The van der Waals surface area contributed by atoms with Gasteiger partial charge in [-0.25, -0.2) is 26.3 Å². The predicted molar refractivity (Wildman–Crippen MR) is 156 cm³/mol. The molecule has 0 saturated carbocycles. The van der Waals surface area contributed by atoms with Crippen LogP contribution >= 0.6 is 0 Å². The maximum absolute atomic E-state index is 13.6. The van der Waals surface area contributed by atoms with Gasteiger partial charge in [-0.2, -0.15) is 8.78 Å². The van der Waals surface area contributed by atoms with E-state index in [0.717, 1.165) is 6.26 Å². The van der Waals surface area contributed by atoms with Crippen molar-refractivity contribution in [2.75, 3.05) is 71.5 Å². The summed E-state index contributed by atoms with van der Waals surface area (Å²) in [5.74, 6) is -14.9. The van der Waals surface area contributed by atoms with Gasteiger partial charge in [0.1, 0.15) is 34.3 Å². The van der Waals surface area contributed by atoms with Crippen molar-refractivity contribution in [2.45, 2.75) is 50.1 Å². The average molecular weight is 752 g/mol. The number of aliphatic hydroxyl groups excluding tert-OH is 3. The van der Waals surface area contributed by atoms with Crippen molar-refractivity contribution < 1.29 is 83.6 Å². The van der Waals surface area contributed by atoms with Gasteiger partial charge in [0.2, 0.25) is 34.8 Å². The van der Waals surface area contributed by atoms with Gasteiger partial charge in [-0.3, -0.25) is 4.79 Å². The van der Waals surface area contributed by atoms with Crippen molar-refractivity contribution in [3.63, 3.8) is 0 Å². The number of aromatic nitrogens is 3. The Morgan fingerprint density at radius 3 is 1.92 bits per heavy atom. The van der Waals surface area contributed by atoms with Gasteiger partial charge in [-0.05, 0) is 0 Å². The molecule has 1 aromatic carbocycles. The molecule has 1 fully saturated rings. The molecule has 0 bridgehead atoms. The van der Waals surface area contributed by atoms with Gasteiger partial charge in [0.25, 0.3) is 0 Å². The lowest BCUT2D eigenvalue weighted by atomic mass is 10.00. The van der Waals surface area contributed by atoms with Gasteiger partial charge < -0.3 is 48.5 Å². The molecule has 0 unspecified atom stereocenters. The van der Waals surface area contributed by atoms with Crippen LogP contribution in [0.5, 0.6) is 5.75 Å². The summed E-state index contributed by atoms with van der Waals surface area (Å²) in [6.07, 6.45) is -5.11. The van der Waals surface area contributed by atoms with Crippen molar-refractivity contribution in [1.29, 1.82) is 0 Å². The molecule has 3 N–H and O–H groups in total.